The Morgan fingerprint density at radius 1 is 1.83 bits per heavy atom. The van der Waals surface area contributed by atoms with Gasteiger partial charge in [-0.15, -0.1) is 0 Å². The Kier molecular flexibility index (Phi) is 3.28. The topological polar surface area (TPSA) is 57.8 Å². The van der Waals surface area contributed by atoms with Gasteiger partial charge in [0, 0.05) is 17.8 Å². The van der Waals surface area contributed by atoms with Crippen molar-refractivity contribution in [3.8, 4) is 0 Å². The average Bonchev–Trinajstić information content (AvgIpc) is 2.47. The van der Waals surface area contributed by atoms with Gasteiger partial charge < -0.3 is 5.32 Å². The molecule has 0 saturated carbocycles. The minimum absolute atomic E-state index is 0.0180. The number of nitrogens with one attached hydrogen (secondary N) is 2. The summed E-state index contributed by atoms with van der Waals surface area (Å²) >= 11 is 3.06. The van der Waals surface area contributed by atoms with E-state index in [9.17, 15) is 4.79 Å². The number of H-pyrrole nitrogens is 1. The molecule has 0 aliphatic carbocycles. The Labute approximate surface area is 78.9 Å². The lowest BCUT2D eigenvalue weighted by Crippen LogP contribution is -2.23. The number of aromatic amines is 1. The van der Waals surface area contributed by atoms with Crippen LogP contribution in [0.1, 0.15) is 11.3 Å². The van der Waals surface area contributed by atoms with Gasteiger partial charge in [-0.1, -0.05) is 15.9 Å². The van der Waals surface area contributed by atoms with Crippen LogP contribution in [-0.2, 0) is 11.3 Å². The van der Waals surface area contributed by atoms with Crippen molar-refractivity contribution >= 4 is 21.8 Å². The largest absolute Gasteiger partial charge is 0.351 e. The van der Waals surface area contributed by atoms with Crippen molar-refractivity contribution in [2.24, 2.45) is 0 Å². The smallest absolute Gasteiger partial charge is 0.230 e. The van der Waals surface area contributed by atoms with Crippen molar-refractivity contribution in [2.45, 2.75) is 13.5 Å². The average molecular weight is 232 g/mol. The zero-order chi connectivity index (χ0) is 8.97. The number of aromatic nitrogens is 2. The van der Waals surface area contributed by atoms with Gasteiger partial charge in [-0.3, -0.25) is 9.89 Å². The number of alkyl halides is 1. The molecule has 0 aliphatic heterocycles. The lowest BCUT2D eigenvalue weighted by molar-refractivity contribution is -0.118. The van der Waals surface area contributed by atoms with Crippen molar-refractivity contribution in [3.05, 3.63) is 17.5 Å². The summed E-state index contributed by atoms with van der Waals surface area (Å²) in [6, 6.07) is 0. The van der Waals surface area contributed by atoms with E-state index in [4.69, 9.17) is 0 Å². The van der Waals surface area contributed by atoms with Crippen molar-refractivity contribution in [1.29, 1.82) is 0 Å². The number of halogens is 1. The highest BCUT2D eigenvalue weighted by Gasteiger charge is 2.01. The number of aryl methyl sites for hydroxylation is 1. The third-order valence-electron chi connectivity index (χ3n) is 1.53. The molecule has 0 saturated heterocycles. The van der Waals surface area contributed by atoms with E-state index >= 15 is 0 Å². The van der Waals surface area contributed by atoms with E-state index in [1.165, 1.54) is 0 Å². The third-order valence-corrected chi connectivity index (χ3v) is 2.04. The maximum atomic E-state index is 10.8. The maximum Gasteiger partial charge on any atom is 0.230 e. The molecule has 2 N–H and O–H groups in total. The minimum Gasteiger partial charge on any atom is -0.351 e. The number of hydrogen-bond acceptors (Lipinski definition) is 2. The van der Waals surface area contributed by atoms with Crippen LogP contribution in [0, 0.1) is 6.92 Å². The minimum atomic E-state index is -0.0180. The van der Waals surface area contributed by atoms with Gasteiger partial charge in [0.05, 0.1) is 11.5 Å². The first kappa shape index (κ1) is 9.25. The molecule has 0 fully saturated rings. The predicted molar refractivity (Wildman–Crippen MR) is 49.0 cm³/mol. The van der Waals surface area contributed by atoms with Crippen LogP contribution in [0.3, 0.4) is 0 Å². The molecule has 0 radical (unpaired) electrons. The van der Waals surface area contributed by atoms with Gasteiger partial charge in [0.15, 0.2) is 0 Å². The fourth-order valence-electron chi connectivity index (χ4n) is 0.795. The van der Waals surface area contributed by atoms with Gasteiger partial charge in [-0.25, -0.2) is 0 Å². The van der Waals surface area contributed by atoms with E-state index in [-0.39, 0.29) is 5.91 Å². The highest BCUT2D eigenvalue weighted by molar-refractivity contribution is 9.09. The summed E-state index contributed by atoms with van der Waals surface area (Å²) < 4.78 is 0. The van der Waals surface area contributed by atoms with Gasteiger partial charge in [0.1, 0.15) is 0 Å². The van der Waals surface area contributed by atoms with Crippen molar-refractivity contribution in [3.63, 3.8) is 0 Å². The second-order valence-corrected chi connectivity index (χ2v) is 2.99. The number of carbonyl (C=O) groups is 1. The van der Waals surface area contributed by atoms with Crippen LogP contribution in [0.25, 0.3) is 0 Å². The Morgan fingerprint density at radius 2 is 2.58 bits per heavy atom. The van der Waals surface area contributed by atoms with Crippen molar-refractivity contribution < 1.29 is 4.79 Å². The first-order valence-electron chi connectivity index (χ1n) is 3.55. The summed E-state index contributed by atoms with van der Waals surface area (Å²) in [4.78, 5) is 10.8. The van der Waals surface area contributed by atoms with Gasteiger partial charge in [0.2, 0.25) is 5.91 Å². The Bertz CT molecular complexity index is 271. The molecule has 0 aliphatic rings. The van der Waals surface area contributed by atoms with Crippen LogP contribution in [0.4, 0.5) is 0 Å². The third kappa shape index (κ3) is 2.34. The Balaban J connectivity index is 2.43. The zero-order valence-electron chi connectivity index (χ0n) is 6.72. The standard InChI is InChI=1S/C7H10BrN3O/c1-5-6(4-10-11-5)3-9-7(12)2-8/h4H,2-3H2,1H3,(H,9,12)(H,10,11). The fourth-order valence-corrected chi connectivity index (χ4v) is 0.993. The molecule has 12 heavy (non-hydrogen) atoms. The van der Waals surface area contributed by atoms with Crippen LogP contribution in [-0.4, -0.2) is 21.4 Å². The molecule has 0 atom stereocenters. The molecule has 0 aromatic carbocycles. The molecule has 1 heterocycles. The molecular formula is C7H10BrN3O. The molecule has 1 aromatic rings. The molecule has 0 spiro atoms. The summed E-state index contributed by atoms with van der Waals surface area (Å²) in [5.41, 5.74) is 2.01. The summed E-state index contributed by atoms with van der Waals surface area (Å²) in [5.74, 6) is -0.0180. The van der Waals surface area contributed by atoms with Crippen LogP contribution in [0.15, 0.2) is 6.20 Å². The molecule has 0 bridgehead atoms. The van der Waals surface area contributed by atoms with E-state index in [1.807, 2.05) is 6.92 Å². The van der Waals surface area contributed by atoms with Gasteiger partial charge in [-0.05, 0) is 6.92 Å². The number of carbonyl (C=O) groups excluding carboxylic acids is 1. The molecule has 5 heteroatoms. The first-order valence-corrected chi connectivity index (χ1v) is 4.67. The van der Waals surface area contributed by atoms with E-state index in [2.05, 4.69) is 31.4 Å². The normalized spacial score (nSPS) is 9.83. The zero-order valence-corrected chi connectivity index (χ0v) is 8.31. The van der Waals surface area contributed by atoms with Crippen LogP contribution < -0.4 is 5.32 Å². The summed E-state index contributed by atoms with van der Waals surface area (Å²) in [6.45, 7) is 2.45. The summed E-state index contributed by atoms with van der Waals surface area (Å²) in [6.07, 6.45) is 1.71. The van der Waals surface area contributed by atoms with Crippen LogP contribution in [0.5, 0.6) is 0 Å². The first-order chi connectivity index (χ1) is 5.74. The molecule has 1 aromatic heterocycles. The highest BCUT2D eigenvalue weighted by atomic mass is 79.9. The molecule has 0 unspecified atom stereocenters. The molecule has 1 rings (SSSR count). The lowest BCUT2D eigenvalue weighted by Gasteiger charge is -2.00. The Hall–Kier alpha value is -0.840. The number of nitrogens with zero attached hydrogens (tertiary/aromatic N) is 1. The van der Waals surface area contributed by atoms with Crippen LogP contribution >= 0.6 is 15.9 Å². The monoisotopic (exact) mass is 231 g/mol. The molecule has 4 nitrogen and oxygen atoms in total. The molecular weight excluding hydrogens is 222 g/mol. The number of rotatable bonds is 3. The maximum absolute atomic E-state index is 10.8. The quantitative estimate of drug-likeness (QED) is 0.754. The fraction of sp³-hybridized carbons (Fsp3) is 0.429. The second kappa shape index (κ2) is 4.25. The van der Waals surface area contributed by atoms with E-state index in [1.54, 1.807) is 6.20 Å². The van der Waals surface area contributed by atoms with Gasteiger partial charge >= 0.3 is 0 Å². The van der Waals surface area contributed by atoms with E-state index in [0.717, 1.165) is 11.3 Å². The molecule has 1 amide bonds. The summed E-state index contributed by atoms with van der Waals surface area (Å²) in [5, 5.41) is 9.70. The van der Waals surface area contributed by atoms with Gasteiger partial charge in [0.25, 0.3) is 0 Å². The number of hydrogen-bond donors (Lipinski definition) is 2. The second-order valence-electron chi connectivity index (χ2n) is 2.43. The highest BCUT2D eigenvalue weighted by Crippen LogP contribution is 2.00. The number of amides is 1. The van der Waals surface area contributed by atoms with E-state index < -0.39 is 0 Å². The van der Waals surface area contributed by atoms with Crippen molar-refractivity contribution in [1.82, 2.24) is 15.5 Å². The predicted octanol–water partition coefficient (Wildman–Crippen LogP) is 0.729. The lowest BCUT2D eigenvalue weighted by atomic mass is 10.3. The summed E-state index contributed by atoms with van der Waals surface area (Å²) in [7, 11) is 0. The van der Waals surface area contributed by atoms with E-state index in [0.29, 0.717) is 11.9 Å². The Morgan fingerprint density at radius 3 is 3.08 bits per heavy atom. The SMILES string of the molecule is Cc1[nH]ncc1CNC(=O)CBr. The van der Waals surface area contributed by atoms with Crippen molar-refractivity contribution in [2.75, 3.05) is 5.33 Å². The molecule has 66 valence electrons. The van der Waals surface area contributed by atoms with Gasteiger partial charge in [-0.2, -0.15) is 5.10 Å². The van der Waals surface area contributed by atoms with Crippen LogP contribution in [0.2, 0.25) is 0 Å².